The highest BCUT2D eigenvalue weighted by molar-refractivity contribution is 5.80. The van der Waals surface area contributed by atoms with Crippen molar-refractivity contribution in [2.24, 2.45) is 0 Å². The zero-order valence-electron chi connectivity index (χ0n) is 20.4. The summed E-state index contributed by atoms with van der Waals surface area (Å²) in [5.41, 5.74) is 3.22. The van der Waals surface area contributed by atoms with E-state index in [0.29, 0.717) is 17.1 Å². The van der Waals surface area contributed by atoms with Gasteiger partial charge in [-0.05, 0) is 56.5 Å². The zero-order chi connectivity index (χ0) is 25.3. The van der Waals surface area contributed by atoms with Gasteiger partial charge in [0.1, 0.15) is 11.6 Å². The van der Waals surface area contributed by atoms with E-state index in [9.17, 15) is 13.2 Å². The molecule has 0 aliphatic heterocycles. The third-order valence-electron chi connectivity index (χ3n) is 6.94. The Labute approximate surface area is 209 Å². The molecular weight excluding hydrogens is 461 g/mol. The summed E-state index contributed by atoms with van der Waals surface area (Å²) in [6.45, 7) is 4.02. The molecule has 5 rings (SSSR count). The van der Waals surface area contributed by atoms with Crippen molar-refractivity contribution in [3.63, 3.8) is 0 Å². The Bertz CT molecular complexity index is 1340. The van der Waals surface area contributed by atoms with Gasteiger partial charge in [-0.3, -0.25) is 0 Å². The number of nitrogens with one attached hydrogen (secondary N) is 1. The first-order chi connectivity index (χ1) is 17.3. The number of hydrogen-bond donors (Lipinski definition) is 1. The van der Waals surface area contributed by atoms with E-state index in [4.69, 9.17) is 4.98 Å². The maximum atomic E-state index is 13.5. The molecule has 0 radical (unpaired) electrons. The van der Waals surface area contributed by atoms with Crippen molar-refractivity contribution < 1.29 is 13.2 Å². The fourth-order valence-electron chi connectivity index (χ4n) is 5.18. The van der Waals surface area contributed by atoms with Crippen LogP contribution in [0, 0.1) is 6.92 Å². The fourth-order valence-corrected chi connectivity index (χ4v) is 5.18. The Hall–Kier alpha value is -3.61. The predicted octanol–water partition coefficient (Wildman–Crippen LogP) is 8.23. The first-order valence-electron chi connectivity index (χ1n) is 12.4. The quantitative estimate of drug-likeness (QED) is 0.296. The lowest BCUT2D eigenvalue weighted by molar-refractivity contribution is -0.137. The Morgan fingerprint density at radius 1 is 0.944 bits per heavy atom. The minimum atomic E-state index is -4.42. The predicted molar refractivity (Wildman–Crippen MR) is 137 cm³/mol. The first-order valence-corrected chi connectivity index (χ1v) is 12.4. The molecule has 2 aromatic heterocycles. The lowest BCUT2D eigenvalue weighted by Gasteiger charge is -2.20. The highest BCUT2D eigenvalue weighted by atomic mass is 19.4. The number of nitrogens with zero attached hydrogens (tertiary/aromatic N) is 3. The second-order valence-corrected chi connectivity index (χ2v) is 9.45. The Morgan fingerprint density at radius 3 is 2.42 bits per heavy atom. The minimum absolute atomic E-state index is 0.0402. The van der Waals surface area contributed by atoms with Gasteiger partial charge < -0.3 is 9.88 Å². The number of anilines is 1. The van der Waals surface area contributed by atoms with Crippen LogP contribution in [0.2, 0.25) is 0 Å². The molecule has 1 atom stereocenters. The number of halogens is 3. The lowest BCUT2D eigenvalue weighted by Crippen LogP contribution is -2.10. The molecule has 4 nitrogen and oxygen atoms in total. The molecule has 0 spiro atoms. The van der Waals surface area contributed by atoms with Gasteiger partial charge in [-0.15, -0.1) is 0 Å². The topological polar surface area (TPSA) is 42.7 Å². The number of benzene rings is 2. The van der Waals surface area contributed by atoms with Gasteiger partial charge in [-0.25, -0.2) is 9.97 Å². The Balaban J connectivity index is 1.60. The van der Waals surface area contributed by atoms with Crippen molar-refractivity contribution in [1.29, 1.82) is 0 Å². The molecule has 1 fully saturated rings. The van der Waals surface area contributed by atoms with Crippen LogP contribution >= 0.6 is 0 Å². The highest BCUT2D eigenvalue weighted by Crippen LogP contribution is 2.41. The summed E-state index contributed by atoms with van der Waals surface area (Å²) in [5, 5.41) is 3.46. The summed E-state index contributed by atoms with van der Waals surface area (Å²) >= 11 is 0. The zero-order valence-corrected chi connectivity index (χ0v) is 20.4. The summed E-state index contributed by atoms with van der Waals surface area (Å²) in [7, 11) is 0. The van der Waals surface area contributed by atoms with Gasteiger partial charge in [-0.2, -0.15) is 13.2 Å². The van der Waals surface area contributed by atoms with Gasteiger partial charge in [0.2, 0.25) is 0 Å². The molecule has 2 heterocycles. The lowest BCUT2D eigenvalue weighted by atomic mass is 10.0. The van der Waals surface area contributed by atoms with Crippen LogP contribution in [0.1, 0.15) is 61.6 Å². The van der Waals surface area contributed by atoms with E-state index in [1.54, 1.807) is 12.3 Å². The summed E-state index contributed by atoms with van der Waals surface area (Å²) in [6.07, 6.45) is 1.67. The second-order valence-electron chi connectivity index (χ2n) is 9.45. The van der Waals surface area contributed by atoms with Crippen LogP contribution in [-0.4, -0.2) is 14.5 Å². The van der Waals surface area contributed by atoms with Crippen molar-refractivity contribution in [2.45, 2.75) is 57.8 Å². The van der Waals surface area contributed by atoms with Gasteiger partial charge in [0.15, 0.2) is 0 Å². The molecule has 36 heavy (non-hydrogen) atoms. The van der Waals surface area contributed by atoms with E-state index in [1.165, 1.54) is 12.1 Å². The molecular formula is C29H29F3N4. The molecule has 0 amide bonds. The van der Waals surface area contributed by atoms with E-state index in [0.717, 1.165) is 54.4 Å². The van der Waals surface area contributed by atoms with Gasteiger partial charge >= 0.3 is 6.18 Å². The van der Waals surface area contributed by atoms with Gasteiger partial charge in [0.05, 0.1) is 17.0 Å². The van der Waals surface area contributed by atoms with Crippen molar-refractivity contribution in [3.05, 3.63) is 89.9 Å². The summed E-state index contributed by atoms with van der Waals surface area (Å²) < 4.78 is 42.8. The summed E-state index contributed by atoms with van der Waals surface area (Å²) in [4.78, 5) is 9.34. The standard InChI is InChI=1S/C29H29F3N4/c1-19(21-9-4-3-5-10-21)34-26-18-23(15-16-33-26)28-27(22-11-8-12-24(17-22)29(30,31)32)35-20(2)36(28)25-13-6-7-14-25/h3-5,8-12,15-19,25H,6-7,13-14H2,1-2H3,(H,33,34). The SMILES string of the molecule is Cc1nc(-c2cccc(C(F)(F)F)c2)c(-c2ccnc(NC(C)c3ccccc3)c2)n1C1CCCC1. The maximum absolute atomic E-state index is 13.5. The fraction of sp³-hybridized carbons (Fsp3) is 0.310. The van der Waals surface area contributed by atoms with Crippen LogP contribution in [0.4, 0.5) is 19.0 Å². The van der Waals surface area contributed by atoms with Crippen LogP contribution in [0.15, 0.2) is 72.9 Å². The van der Waals surface area contributed by atoms with Crippen LogP contribution in [0.5, 0.6) is 0 Å². The average Bonchev–Trinajstić information content (AvgIpc) is 3.52. The Morgan fingerprint density at radius 2 is 1.69 bits per heavy atom. The van der Waals surface area contributed by atoms with Gasteiger partial charge in [0, 0.05) is 29.4 Å². The maximum Gasteiger partial charge on any atom is 0.416 e. The van der Waals surface area contributed by atoms with E-state index in [2.05, 4.69) is 33.9 Å². The number of aromatic nitrogens is 3. The highest BCUT2D eigenvalue weighted by Gasteiger charge is 2.32. The minimum Gasteiger partial charge on any atom is -0.364 e. The van der Waals surface area contributed by atoms with E-state index in [-0.39, 0.29) is 12.1 Å². The molecule has 186 valence electrons. The van der Waals surface area contributed by atoms with Crippen LogP contribution in [0.3, 0.4) is 0 Å². The molecule has 1 unspecified atom stereocenters. The van der Waals surface area contributed by atoms with Gasteiger partial charge in [-0.1, -0.05) is 55.3 Å². The third-order valence-corrected chi connectivity index (χ3v) is 6.94. The number of pyridine rings is 1. The smallest absolute Gasteiger partial charge is 0.364 e. The normalized spacial score (nSPS) is 15.2. The molecule has 1 saturated carbocycles. The van der Waals surface area contributed by atoms with E-state index < -0.39 is 11.7 Å². The van der Waals surface area contributed by atoms with Crippen LogP contribution < -0.4 is 5.32 Å². The number of alkyl halides is 3. The molecule has 0 saturated heterocycles. The van der Waals surface area contributed by atoms with Gasteiger partial charge in [0.25, 0.3) is 0 Å². The summed E-state index contributed by atoms with van der Waals surface area (Å²) in [5.74, 6) is 1.52. The van der Waals surface area contributed by atoms with E-state index >= 15 is 0 Å². The number of imidazole rings is 1. The molecule has 0 bridgehead atoms. The second kappa shape index (κ2) is 9.80. The van der Waals surface area contributed by atoms with Crippen molar-refractivity contribution in [1.82, 2.24) is 14.5 Å². The first kappa shape index (κ1) is 24.1. The molecule has 1 aliphatic rings. The average molecular weight is 491 g/mol. The third kappa shape index (κ3) is 4.87. The monoisotopic (exact) mass is 490 g/mol. The number of aryl methyl sites for hydroxylation is 1. The number of rotatable bonds is 6. The van der Waals surface area contributed by atoms with Crippen molar-refractivity contribution >= 4 is 5.82 Å². The Kier molecular flexibility index (Phi) is 6.56. The van der Waals surface area contributed by atoms with Crippen molar-refractivity contribution in [2.75, 3.05) is 5.32 Å². The van der Waals surface area contributed by atoms with Crippen LogP contribution in [-0.2, 0) is 6.18 Å². The number of hydrogen-bond acceptors (Lipinski definition) is 3. The molecule has 2 aromatic carbocycles. The van der Waals surface area contributed by atoms with Crippen molar-refractivity contribution in [3.8, 4) is 22.5 Å². The summed E-state index contributed by atoms with van der Waals surface area (Å²) in [6, 6.07) is 19.8. The largest absolute Gasteiger partial charge is 0.416 e. The molecule has 1 aliphatic carbocycles. The van der Waals surface area contributed by atoms with Crippen LogP contribution in [0.25, 0.3) is 22.5 Å². The molecule has 1 N–H and O–H groups in total. The van der Waals surface area contributed by atoms with E-state index in [1.807, 2.05) is 37.3 Å². The molecule has 7 heteroatoms. The molecule has 4 aromatic rings.